The minimum atomic E-state index is -3.73. The Morgan fingerprint density at radius 1 is 1.37 bits per heavy atom. The quantitative estimate of drug-likeness (QED) is 0.790. The van der Waals surface area contributed by atoms with Gasteiger partial charge in [0.2, 0.25) is 10.0 Å². The summed E-state index contributed by atoms with van der Waals surface area (Å²) in [5.41, 5.74) is 6.01. The molecule has 1 aromatic carbocycles. The third-order valence-corrected chi connectivity index (χ3v) is 4.62. The topological polar surface area (TPSA) is 72.2 Å². The first kappa shape index (κ1) is 15.9. The lowest BCUT2D eigenvalue weighted by atomic mass is 10.1. The second-order valence-electron chi connectivity index (χ2n) is 4.63. The molecule has 0 aliphatic rings. The average molecular weight is 288 g/mol. The van der Waals surface area contributed by atoms with Gasteiger partial charge in [-0.15, -0.1) is 0 Å². The zero-order valence-corrected chi connectivity index (χ0v) is 12.3. The molecule has 0 heterocycles. The zero-order chi connectivity index (χ0) is 14.6. The van der Waals surface area contributed by atoms with Crippen LogP contribution >= 0.6 is 0 Å². The normalized spacial score (nSPS) is 13.5. The fraction of sp³-hybridized carbons (Fsp3) is 0.538. The van der Waals surface area contributed by atoms with Crippen LogP contribution in [-0.4, -0.2) is 14.5 Å². The molecule has 19 heavy (non-hydrogen) atoms. The maximum absolute atomic E-state index is 13.6. The van der Waals surface area contributed by atoms with Crippen LogP contribution < -0.4 is 10.5 Å². The van der Waals surface area contributed by atoms with Crippen molar-refractivity contribution in [3.63, 3.8) is 0 Å². The first-order valence-electron chi connectivity index (χ1n) is 6.39. The van der Waals surface area contributed by atoms with Crippen molar-refractivity contribution < 1.29 is 12.8 Å². The molecular weight excluding hydrogens is 267 g/mol. The lowest BCUT2D eigenvalue weighted by Gasteiger charge is -2.17. The van der Waals surface area contributed by atoms with Gasteiger partial charge in [0.25, 0.3) is 0 Å². The van der Waals surface area contributed by atoms with Crippen molar-refractivity contribution >= 4 is 15.7 Å². The second kappa shape index (κ2) is 6.34. The molecule has 1 unspecified atom stereocenters. The van der Waals surface area contributed by atoms with Gasteiger partial charge in [-0.05, 0) is 31.9 Å². The standard InChI is InChI=1S/C13H21FN2O2S/c1-4-6-10(5-2)16-19(17,18)11-7-12(14)9(3)13(15)8-11/h7-8,10,16H,4-6,15H2,1-3H3. The number of hydrogen-bond acceptors (Lipinski definition) is 3. The van der Waals surface area contributed by atoms with E-state index in [9.17, 15) is 12.8 Å². The number of sulfonamides is 1. The minimum Gasteiger partial charge on any atom is -0.398 e. The van der Waals surface area contributed by atoms with E-state index in [0.29, 0.717) is 6.42 Å². The maximum Gasteiger partial charge on any atom is 0.240 e. The Bertz CT molecular complexity index is 521. The first-order chi connectivity index (χ1) is 8.81. The van der Waals surface area contributed by atoms with E-state index in [1.54, 1.807) is 0 Å². The van der Waals surface area contributed by atoms with Gasteiger partial charge in [0, 0.05) is 17.3 Å². The van der Waals surface area contributed by atoms with Gasteiger partial charge in [0.05, 0.1) is 4.90 Å². The molecule has 4 nitrogen and oxygen atoms in total. The van der Waals surface area contributed by atoms with Gasteiger partial charge >= 0.3 is 0 Å². The number of nitrogens with two attached hydrogens (primary N) is 1. The SMILES string of the molecule is CCCC(CC)NS(=O)(=O)c1cc(N)c(C)c(F)c1. The molecule has 0 aliphatic carbocycles. The third kappa shape index (κ3) is 3.91. The van der Waals surface area contributed by atoms with Crippen molar-refractivity contribution in [3.8, 4) is 0 Å². The second-order valence-corrected chi connectivity index (χ2v) is 6.35. The van der Waals surface area contributed by atoms with Crippen molar-refractivity contribution in [3.05, 3.63) is 23.5 Å². The predicted octanol–water partition coefficient (Wildman–Crippen LogP) is 2.57. The number of hydrogen-bond donors (Lipinski definition) is 2. The van der Waals surface area contributed by atoms with Crippen LogP contribution in [0.2, 0.25) is 0 Å². The van der Waals surface area contributed by atoms with Crippen LogP contribution in [0.1, 0.15) is 38.7 Å². The third-order valence-electron chi connectivity index (χ3n) is 3.12. The summed E-state index contributed by atoms with van der Waals surface area (Å²) in [6.45, 7) is 5.41. The Balaban J connectivity index is 3.07. The highest BCUT2D eigenvalue weighted by Gasteiger charge is 2.20. The molecule has 1 rings (SSSR count). The Hall–Kier alpha value is -1.14. The number of benzene rings is 1. The smallest absolute Gasteiger partial charge is 0.240 e. The van der Waals surface area contributed by atoms with Crippen LogP contribution in [0.25, 0.3) is 0 Å². The van der Waals surface area contributed by atoms with Crippen molar-refractivity contribution in [2.24, 2.45) is 0 Å². The summed E-state index contributed by atoms with van der Waals surface area (Å²) in [5.74, 6) is -0.607. The van der Waals surface area contributed by atoms with Crippen molar-refractivity contribution in [2.45, 2.75) is 51.0 Å². The molecule has 0 aliphatic heterocycles. The molecule has 0 bridgehead atoms. The van der Waals surface area contributed by atoms with Gasteiger partial charge in [-0.3, -0.25) is 0 Å². The minimum absolute atomic E-state index is 0.123. The molecule has 108 valence electrons. The Kier molecular flexibility index (Phi) is 5.31. The molecular formula is C13H21FN2O2S. The summed E-state index contributed by atoms with van der Waals surface area (Å²) in [4.78, 5) is -0.123. The summed E-state index contributed by atoms with van der Waals surface area (Å²) in [5, 5.41) is 0. The number of nitrogens with one attached hydrogen (secondary N) is 1. The van der Waals surface area contributed by atoms with E-state index in [0.717, 1.165) is 18.9 Å². The highest BCUT2D eigenvalue weighted by atomic mass is 32.2. The molecule has 1 aromatic rings. The predicted molar refractivity (Wildman–Crippen MR) is 74.9 cm³/mol. The van der Waals surface area contributed by atoms with Gasteiger partial charge in [0.1, 0.15) is 5.82 Å². The zero-order valence-electron chi connectivity index (χ0n) is 11.5. The van der Waals surface area contributed by atoms with Crippen LogP contribution in [-0.2, 0) is 10.0 Å². The van der Waals surface area contributed by atoms with Crippen molar-refractivity contribution in [1.29, 1.82) is 0 Å². The Labute approximate surface area is 114 Å². The number of rotatable bonds is 6. The molecule has 0 radical (unpaired) electrons. The lowest BCUT2D eigenvalue weighted by Crippen LogP contribution is -2.34. The highest BCUT2D eigenvalue weighted by molar-refractivity contribution is 7.89. The van der Waals surface area contributed by atoms with E-state index in [1.807, 2.05) is 13.8 Å². The monoisotopic (exact) mass is 288 g/mol. The molecule has 0 amide bonds. The van der Waals surface area contributed by atoms with E-state index < -0.39 is 15.8 Å². The van der Waals surface area contributed by atoms with E-state index in [2.05, 4.69) is 4.72 Å². The summed E-state index contributed by atoms with van der Waals surface area (Å²) in [7, 11) is -3.73. The van der Waals surface area contributed by atoms with Gasteiger partial charge < -0.3 is 5.73 Å². The van der Waals surface area contributed by atoms with Crippen LogP contribution in [0.5, 0.6) is 0 Å². The van der Waals surface area contributed by atoms with Crippen LogP contribution in [0.3, 0.4) is 0 Å². The molecule has 0 saturated heterocycles. The van der Waals surface area contributed by atoms with Crippen molar-refractivity contribution in [1.82, 2.24) is 4.72 Å². The molecule has 3 N–H and O–H groups in total. The Morgan fingerprint density at radius 2 is 2.00 bits per heavy atom. The van der Waals surface area contributed by atoms with Gasteiger partial charge in [0.15, 0.2) is 0 Å². The number of anilines is 1. The van der Waals surface area contributed by atoms with Crippen LogP contribution in [0.4, 0.5) is 10.1 Å². The number of nitrogen functional groups attached to an aromatic ring is 1. The van der Waals surface area contributed by atoms with E-state index in [1.165, 1.54) is 13.0 Å². The van der Waals surface area contributed by atoms with Gasteiger partial charge in [-0.1, -0.05) is 20.3 Å². The van der Waals surface area contributed by atoms with E-state index in [4.69, 9.17) is 5.73 Å². The first-order valence-corrected chi connectivity index (χ1v) is 7.88. The fourth-order valence-electron chi connectivity index (χ4n) is 1.81. The maximum atomic E-state index is 13.6. The molecule has 0 aromatic heterocycles. The molecule has 0 spiro atoms. The summed E-state index contributed by atoms with van der Waals surface area (Å²) in [6, 6.07) is 2.16. The van der Waals surface area contributed by atoms with Crippen molar-refractivity contribution in [2.75, 3.05) is 5.73 Å². The lowest BCUT2D eigenvalue weighted by molar-refractivity contribution is 0.511. The molecule has 1 atom stereocenters. The fourth-order valence-corrected chi connectivity index (χ4v) is 3.21. The van der Waals surface area contributed by atoms with Gasteiger partial charge in [-0.2, -0.15) is 0 Å². The summed E-state index contributed by atoms with van der Waals surface area (Å²) >= 11 is 0. The average Bonchev–Trinajstić information content (AvgIpc) is 2.34. The Morgan fingerprint density at radius 3 is 2.47 bits per heavy atom. The van der Waals surface area contributed by atoms with E-state index in [-0.39, 0.29) is 22.2 Å². The van der Waals surface area contributed by atoms with Crippen LogP contribution in [0.15, 0.2) is 17.0 Å². The molecule has 0 fully saturated rings. The van der Waals surface area contributed by atoms with Crippen LogP contribution in [0, 0.1) is 12.7 Å². The summed E-state index contributed by atoms with van der Waals surface area (Å²) < 4.78 is 40.5. The largest absolute Gasteiger partial charge is 0.398 e. The highest BCUT2D eigenvalue weighted by Crippen LogP contribution is 2.21. The summed E-state index contributed by atoms with van der Waals surface area (Å²) in [6.07, 6.45) is 2.32. The van der Waals surface area contributed by atoms with E-state index >= 15 is 0 Å². The number of halogens is 1. The molecule has 6 heteroatoms. The van der Waals surface area contributed by atoms with Gasteiger partial charge in [-0.25, -0.2) is 17.5 Å². The molecule has 0 saturated carbocycles.